The van der Waals surface area contributed by atoms with Crippen molar-refractivity contribution < 1.29 is 14.3 Å². The molecule has 1 aliphatic carbocycles. The fourth-order valence-corrected chi connectivity index (χ4v) is 2.39. The quantitative estimate of drug-likeness (QED) is 0.775. The topological polar surface area (TPSA) is 42.6 Å². The van der Waals surface area contributed by atoms with Gasteiger partial charge in [-0.2, -0.15) is 0 Å². The Balaban J connectivity index is 2.09. The molecular formula is C12H18O3. The van der Waals surface area contributed by atoms with Crippen molar-refractivity contribution in [1.29, 1.82) is 0 Å². The lowest BCUT2D eigenvalue weighted by atomic mass is 9.80. The van der Waals surface area contributed by atoms with Crippen LogP contribution in [0.25, 0.3) is 0 Å². The second-order valence-corrected chi connectivity index (χ2v) is 4.24. The molecule has 0 bridgehead atoms. The molecule has 0 saturated heterocycles. The number of methoxy groups -OCH3 is 1. The molecule has 2 rings (SSSR count). The van der Waals surface area contributed by atoms with Crippen molar-refractivity contribution in [2.75, 3.05) is 13.7 Å². The number of aliphatic hydroxyl groups is 1. The molecule has 1 heterocycles. The Labute approximate surface area is 90.0 Å². The first kappa shape index (κ1) is 10.7. The monoisotopic (exact) mass is 210 g/mol. The first-order chi connectivity index (χ1) is 7.26. The zero-order chi connectivity index (χ0) is 10.7. The number of hydrogen-bond donors (Lipinski definition) is 1. The third-order valence-electron chi connectivity index (χ3n) is 3.18. The summed E-state index contributed by atoms with van der Waals surface area (Å²) in [6.45, 7) is 0.704. The van der Waals surface area contributed by atoms with Crippen LogP contribution in [0.4, 0.5) is 0 Å². The van der Waals surface area contributed by atoms with E-state index in [4.69, 9.17) is 9.15 Å². The van der Waals surface area contributed by atoms with E-state index in [1.54, 1.807) is 13.4 Å². The van der Waals surface area contributed by atoms with Gasteiger partial charge in [0.05, 0.1) is 11.9 Å². The van der Waals surface area contributed by atoms with Crippen LogP contribution in [-0.2, 0) is 16.8 Å². The third-order valence-corrected chi connectivity index (χ3v) is 3.18. The van der Waals surface area contributed by atoms with Gasteiger partial charge in [-0.3, -0.25) is 0 Å². The molecule has 3 heteroatoms. The molecule has 3 nitrogen and oxygen atoms in total. The van der Waals surface area contributed by atoms with Crippen molar-refractivity contribution in [1.82, 2.24) is 0 Å². The molecule has 0 radical (unpaired) electrons. The van der Waals surface area contributed by atoms with Crippen molar-refractivity contribution in [3.63, 3.8) is 0 Å². The molecule has 15 heavy (non-hydrogen) atoms. The van der Waals surface area contributed by atoms with Crippen LogP contribution in [0.2, 0.25) is 0 Å². The summed E-state index contributed by atoms with van der Waals surface area (Å²) >= 11 is 0. The van der Waals surface area contributed by atoms with Crippen LogP contribution in [-0.4, -0.2) is 18.8 Å². The number of aryl methyl sites for hydroxylation is 1. The van der Waals surface area contributed by atoms with E-state index in [0.29, 0.717) is 6.61 Å². The van der Waals surface area contributed by atoms with Crippen LogP contribution in [0.5, 0.6) is 0 Å². The summed E-state index contributed by atoms with van der Waals surface area (Å²) in [6.07, 6.45) is 6.12. The number of rotatable bonds is 4. The second kappa shape index (κ2) is 4.37. The van der Waals surface area contributed by atoms with Crippen molar-refractivity contribution in [3.05, 3.63) is 23.7 Å². The highest BCUT2D eigenvalue weighted by molar-refractivity contribution is 5.27. The lowest BCUT2D eigenvalue weighted by Gasteiger charge is -2.31. The van der Waals surface area contributed by atoms with Gasteiger partial charge in [0.15, 0.2) is 0 Å². The summed E-state index contributed by atoms with van der Waals surface area (Å²) in [7, 11) is 1.69. The minimum atomic E-state index is -0.681. The van der Waals surface area contributed by atoms with Gasteiger partial charge >= 0.3 is 0 Å². The van der Waals surface area contributed by atoms with Gasteiger partial charge in [0, 0.05) is 25.7 Å². The molecule has 1 atom stereocenters. The average molecular weight is 210 g/mol. The summed E-state index contributed by atoms with van der Waals surface area (Å²) in [6, 6.07) is 1.90. The van der Waals surface area contributed by atoms with Crippen LogP contribution in [0, 0.1) is 0 Å². The minimum Gasteiger partial charge on any atom is -0.469 e. The first-order valence-corrected chi connectivity index (χ1v) is 5.54. The Morgan fingerprint density at radius 3 is 3.27 bits per heavy atom. The number of fused-ring (bicyclic) bond motifs is 1. The predicted molar refractivity (Wildman–Crippen MR) is 56.7 cm³/mol. The van der Waals surface area contributed by atoms with Gasteiger partial charge in [0.2, 0.25) is 0 Å². The largest absolute Gasteiger partial charge is 0.469 e. The molecule has 0 amide bonds. The minimum absolute atomic E-state index is 0.681. The Bertz CT molecular complexity index is 318. The molecule has 1 aliphatic rings. The summed E-state index contributed by atoms with van der Waals surface area (Å²) < 4.78 is 10.4. The third kappa shape index (κ3) is 2.08. The molecule has 0 aliphatic heterocycles. The maximum Gasteiger partial charge on any atom is 0.109 e. The maximum absolute atomic E-state index is 10.5. The number of hydrogen-bond acceptors (Lipinski definition) is 3. The van der Waals surface area contributed by atoms with E-state index in [-0.39, 0.29) is 0 Å². The molecule has 0 aromatic carbocycles. The van der Waals surface area contributed by atoms with Gasteiger partial charge in [-0.15, -0.1) is 0 Å². The zero-order valence-corrected chi connectivity index (χ0v) is 9.16. The molecule has 1 aromatic rings. The normalized spacial score (nSPS) is 25.2. The van der Waals surface area contributed by atoms with Crippen molar-refractivity contribution in [2.24, 2.45) is 0 Å². The van der Waals surface area contributed by atoms with Gasteiger partial charge in [0.25, 0.3) is 0 Å². The Kier molecular flexibility index (Phi) is 3.12. The fourth-order valence-electron chi connectivity index (χ4n) is 2.39. The van der Waals surface area contributed by atoms with Crippen molar-refractivity contribution >= 4 is 0 Å². The van der Waals surface area contributed by atoms with Crippen LogP contribution in [0.3, 0.4) is 0 Å². The Morgan fingerprint density at radius 1 is 1.60 bits per heavy atom. The van der Waals surface area contributed by atoms with Crippen LogP contribution in [0.15, 0.2) is 16.7 Å². The van der Waals surface area contributed by atoms with Gasteiger partial charge in [-0.25, -0.2) is 0 Å². The summed E-state index contributed by atoms with van der Waals surface area (Å²) in [5.74, 6) is 0.959. The lowest BCUT2D eigenvalue weighted by Crippen LogP contribution is -2.30. The smallest absolute Gasteiger partial charge is 0.109 e. The standard InChI is InChI=1S/C12H18O3/c1-14-8-3-7-12(13)6-2-4-11-10(12)5-9-15-11/h5,9,13H,2-4,6-8H2,1H3. The Morgan fingerprint density at radius 2 is 2.47 bits per heavy atom. The van der Waals surface area contributed by atoms with Crippen LogP contribution < -0.4 is 0 Å². The average Bonchev–Trinajstić information content (AvgIpc) is 2.68. The van der Waals surface area contributed by atoms with Crippen LogP contribution >= 0.6 is 0 Å². The summed E-state index contributed by atoms with van der Waals surface area (Å²) in [4.78, 5) is 0. The number of ether oxygens (including phenoxy) is 1. The van der Waals surface area contributed by atoms with Gasteiger partial charge in [0.1, 0.15) is 5.76 Å². The molecule has 0 saturated carbocycles. The van der Waals surface area contributed by atoms with E-state index in [2.05, 4.69) is 0 Å². The van der Waals surface area contributed by atoms with Gasteiger partial charge in [-0.05, 0) is 31.7 Å². The maximum atomic E-state index is 10.5. The van der Waals surface area contributed by atoms with E-state index in [0.717, 1.165) is 43.4 Å². The fraction of sp³-hybridized carbons (Fsp3) is 0.667. The lowest BCUT2D eigenvalue weighted by molar-refractivity contribution is 0.000445. The molecule has 1 N–H and O–H groups in total. The SMILES string of the molecule is COCCCC1(O)CCCc2occc21. The predicted octanol–water partition coefficient (Wildman–Crippen LogP) is 2.23. The molecule has 84 valence electrons. The first-order valence-electron chi connectivity index (χ1n) is 5.54. The molecule has 1 unspecified atom stereocenters. The molecule has 0 fully saturated rings. The highest BCUT2D eigenvalue weighted by Crippen LogP contribution is 2.39. The second-order valence-electron chi connectivity index (χ2n) is 4.24. The summed E-state index contributed by atoms with van der Waals surface area (Å²) in [5, 5.41) is 10.5. The van der Waals surface area contributed by atoms with Crippen LogP contribution in [0.1, 0.15) is 37.0 Å². The Hall–Kier alpha value is -0.800. The molecular weight excluding hydrogens is 192 g/mol. The highest BCUT2D eigenvalue weighted by atomic mass is 16.5. The van der Waals surface area contributed by atoms with E-state index in [9.17, 15) is 5.11 Å². The molecule has 1 aromatic heterocycles. The number of furan rings is 1. The van der Waals surface area contributed by atoms with E-state index in [1.807, 2.05) is 6.07 Å². The van der Waals surface area contributed by atoms with E-state index >= 15 is 0 Å². The molecule has 0 spiro atoms. The highest BCUT2D eigenvalue weighted by Gasteiger charge is 2.35. The van der Waals surface area contributed by atoms with Crippen molar-refractivity contribution in [2.45, 2.75) is 37.7 Å². The van der Waals surface area contributed by atoms with E-state index in [1.165, 1.54) is 0 Å². The summed E-state index contributed by atoms with van der Waals surface area (Å²) in [5.41, 5.74) is 0.309. The van der Waals surface area contributed by atoms with E-state index < -0.39 is 5.60 Å². The zero-order valence-electron chi connectivity index (χ0n) is 9.16. The van der Waals surface area contributed by atoms with Gasteiger partial charge < -0.3 is 14.3 Å². The van der Waals surface area contributed by atoms with Gasteiger partial charge in [-0.1, -0.05) is 0 Å². The van der Waals surface area contributed by atoms with Crippen molar-refractivity contribution in [3.8, 4) is 0 Å².